The Kier molecular flexibility index (Phi) is 4.55. The number of hydrogen-bond acceptors (Lipinski definition) is 4. The van der Waals surface area contributed by atoms with Gasteiger partial charge in [-0.05, 0) is 25.5 Å². The van der Waals surface area contributed by atoms with Crippen molar-refractivity contribution in [1.29, 1.82) is 0 Å². The number of methoxy groups -OCH3 is 1. The predicted octanol–water partition coefficient (Wildman–Crippen LogP) is 1.17. The Morgan fingerprint density at radius 3 is 2.72 bits per heavy atom. The molecule has 0 fully saturated rings. The quantitative estimate of drug-likeness (QED) is 0.687. The van der Waals surface area contributed by atoms with Crippen LogP contribution in [0.15, 0.2) is 18.2 Å². The van der Waals surface area contributed by atoms with Crippen LogP contribution in [0.5, 0.6) is 5.75 Å². The molecule has 0 saturated heterocycles. The van der Waals surface area contributed by atoms with E-state index in [9.17, 15) is 9.90 Å². The first-order chi connectivity index (χ1) is 8.39. The van der Waals surface area contributed by atoms with Crippen LogP contribution >= 0.6 is 0 Å². The van der Waals surface area contributed by atoms with Crippen molar-refractivity contribution in [2.75, 3.05) is 19.4 Å². The van der Waals surface area contributed by atoms with E-state index in [4.69, 9.17) is 10.5 Å². The number of nitrogen functional groups attached to an aromatic ring is 1. The molecule has 0 heterocycles. The number of carbonyl (C=O) groups is 1. The lowest BCUT2D eigenvalue weighted by atomic mass is 10.0. The number of nitrogens with two attached hydrogens (primary N) is 1. The molecule has 0 saturated carbocycles. The van der Waals surface area contributed by atoms with Gasteiger partial charge in [-0.3, -0.25) is 4.79 Å². The first kappa shape index (κ1) is 14.3. The number of aliphatic hydroxyl groups is 1. The molecule has 1 rings (SSSR count). The lowest BCUT2D eigenvalue weighted by Gasteiger charge is -2.21. The van der Waals surface area contributed by atoms with Gasteiger partial charge in [0.25, 0.3) is 5.91 Å². The van der Waals surface area contributed by atoms with Crippen molar-refractivity contribution in [2.24, 2.45) is 0 Å². The molecule has 100 valence electrons. The van der Waals surface area contributed by atoms with E-state index >= 15 is 0 Å². The molecule has 1 unspecified atom stereocenters. The van der Waals surface area contributed by atoms with Gasteiger partial charge in [0, 0.05) is 18.3 Å². The molecule has 1 amide bonds. The van der Waals surface area contributed by atoms with Gasteiger partial charge in [-0.25, -0.2) is 0 Å². The zero-order valence-corrected chi connectivity index (χ0v) is 11.0. The fraction of sp³-hybridized carbons (Fsp3) is 0.462. The van der Waals surface area contributed by atoms with Crippen molar-refractivity contribution in [1.82, 2.24) is 5.32 Å². The highest BCUT2D eigenvalue weighted by molar-refractivity contribution is 5.99. The smallest absolute Gasteiger partial charge is 0.253 e. The van der Waals surface area contributed by atoms with E-state index < -0.39 is 5.60 Å². The number of hydrogen-bond donors (Lipinski definition) is 3. The van der Waals surface area contributed by atoms with Crippen LogP contribution < -0.4 is 15.8 Å². The first-order valence-corrected chi connectivity index (χ1v) is 5.83. The second-order valence-corrected chi connectivity index (χ2v) is 4.49. The van der Waals surface area contributed by atoms with Crippen LogP contribution in [-0.4, -0.2) is 30.3 Å². The van der Waals surface area contributed by atoms with E-state index in [1.807, 2.05) is 6.92 Å². The second kappa shape index (κ2) is 5.73. The molecule has 0 aliphatic heterocycles. The van der Waals surface area contributed by atoms with Crippen molar-refractivity contribution in [2.45, 2.75) is 25.9 Å². The SMILES string of the molecule is CCC(C)(O)CNC(=O)c1ccc(OC)cc1N. The average molecular weight is 252 g/mol. The minimum atomic E-state index is -0.906. The number of anilines is 1. The van der Waals surface area contributed by atoms with Gasteiger partial charge in [-0.15, -0.1) is 0 Å². The summed E-state index contributed by atoms with van der Waals surface area (Å²) in [7, 11) is 1.53. The van der Waals surface area contributed by atoms with Crippen molar-refractivity contribution in [3.05, 3.63) is 23.8 Å². The zero-order chi connectivity index (χ0) is 13.8. The van der Waals surface area contributed by atoms with E-state index in [1.54, 1.807) is 25.1 Å². The van der Waals surface area contributed by atoms with E-state index in [1.165, 1.54) is 7.11 Å². The molecule has 0 radical (unpaired) electrons. The van der Waals surface area contributed by atoms with Gasteiger partial charge in [0.15, 0.2) is 0 Å². The topological polar surface area (TPSA) is 84.6 Å². The maximum Gasteiger partial charge on any atom is 0.253 e. The summed E-state index contributed by atoms with van der Waals surface area (Å²) in [6, 6.07) is 4.86. The van der Waals surface area contributed by atoms with Crippen LogP contribution in [-0.2, 0) is 0 Å². The van der Waals surface area contributed by atoms with Gasteiger partial charge in [0.2, 0.25) is 0 Å². The molecule has 5 heteroatoms. The maximum absolute atomic E-state index is 11.9. The third-order valence-electron chi connectivity index (χ3n) is 2.89. The van der Waals surface area contributed by atoms with Crippen LogP contribution in [0.25, 0.3) is 0 Å². The third kappa shape index (κ3) is 3.63. The molecule has 18 heavy (non-hydrogen) atoms. The molecule has 1 aromatic rings. The minimum absolute atomic E-state index is 0.188. The molecule has 0 aromatic heterocycles. The molecular formula is C13H20N2O3. The largest absolute Gasteiger partial charge is 0.497 e. The lowest BCUT2D eigenvalue weighted by molar-refractivity contribution is 0.0518. The van der Waals surface area contributed by atoms with E-state index in [0.717, 1.165) is 0 Å². The maximum atomic E-state index is 11.9. The summed E-state index contributed by atoms with van der Waals surface area (Å²) < 4.78 is 5.01. The van der Waals surface area contributed by atoms with Crippen molar-refractivity contribution >= 4 is 11.6 Å². The monoisotopic (exact) mass is 252 g/mol. The molecular weight excluding hydrogens is 232 g/mol. The summed E-state index contributed by atoms with van der Waals surface area (Å²) in [5, 5.41) is 12.5. The van der Waals surface area contributed by atoms with E-state index in [0.29, 0.717) is 23.4 Å². The Morgan fingerprint density at radius 2 is 2.22 bits per heavy atom. The number of ether oxygens (including phenoxy) is 1. The fourth-order valence-corrected chi connectivity index (χ4v) is 1.37. The van der Waals surface area contributed by atoms with E-state index in [-0.39, 0.29) is 12.5 Å². The number of nitrogens with one attached hydrogen (secondary N) is 1. The van der Waals surface area contributed by atoms with Crippen molar-refractivity contribution in [3.63, 3.8) is 0 Å². The standard InChI is InChI=1S/C13H20N2O3/c1-4-13(2,17)8-15-12(16)10-6-5-9(18-3)7-11(10)14/h5-7,17H,4,8,14H2,1-3H3,(H,15,16). The molecule has 0 bridgehead atoms. The van der Waals surface area contributed by atoms with Crippen LogP contribution in [0.1, 0.15) is 30.6 Å². The highest BCUT2D eigenvalue weighted by Gasteiger charge is 2.19. The van der Waals surface area contributed by atoms with Crippen molar-refractivity contribution < 1.29 is 14.6 Å². The Hall–Kier alpha value is -1.75. The van der Waals surface area contributed by atoms with Crippen LogP contribution in [0.2, 0.25) is 0 Å². The average Bonchev–Trinajstić information content (AvgIpc) is 2.36. The van der Waals surface area contributed by atoms with Crippen molar-refractivity contribution in [3.8, 4) is 5.75 Å². The number of benzene rings is 1. The molecule has 1 aromatic carbocycles. The number of rotatable bonds is 5. The van der Waals surface area contributed by atoms with Gasteiger partial charge in [0.1, 0.15) is 5.75 Å². The Morgan fingerprint density at radius 1 is 1.56 bits per heavy atom. The summed E-state index contributed by atoms with van der Waals surface area (Å²) >= 11 is 0. The predicted molar refractivity (Wildman–Crippen MR) is 70.7 cm³/mol. The Bertz CT molecular complexity index is 430. The molecule has 4 N–H and O–H groups in total. The minimum Gasteiger partial charge on any atom is -0.497 e. The summed E-state index contributed by atoms with van der Waals surface area (Å²) in [4.78, 5) is 11.9. The second-order valence-electron chi connectivity index (χ2n) is 4.49. The van der Waals surface area contributed by atoms with Gasteiger partial charge in [-0.1, -0.05) is 6.92 Å². The van der Waals surface area contributed by atoms with Crippen LogP contribution in [0.3, 0.4) is 0 Å². The summed E-state index contributed by atoms with van der Waals surface area (Å²) in [5.74, 6) is 0.300. The summed E-state index contributed by atoms with van der Waals surface area (Å²) in [5.41, 5.74) is 5.59. The first-order valence-electron chi connectivity index (χ1n) is 5.83. The highest BCUT2D eigenvalue weighted by Crippen LogP contribution is 2.19. The summed E-state index contributed by atoms with van der Waals surface area (Å²) in [6.45, 7) is 3.71. The lowest BCUT2D eigenvalue weighted by Crippen LogP contribution is -2.40. The number of amides is 1. The third-order valence-corrected chi connectivity index (χ3v) is 2.89. The van der Waals surface area contributed by atoms with Gasteiger partial charge in [0.05, 0.1) is 18.3 Å². The molecule has 0 spiro atoms. The summed E-state index contributed by atoms with van der Waals surface area (Å²) in [6.07, 6.45) is 0.561. The van der Waals surface area contributed by atoms with Gasteiger partial charge < -0.3 is 20.9 Å². The fourth-order valence-electron chi connectivity index (χ4n) is 1.37. The molecule has 1 atom stereocenters. The zero-order valence-electron chi connectivity index (χ0n) is 11.0. The van der Waals surface area contributed by atoms with E-state index in [2.05, 4.69) is 5.32 Å². The molecule has 0 aliphatic carbocycles. The Labute approximate surface area is 107 Å². The molecule has 0 aliphatic rings. The normalized spacial score (nSPS) is 13.8. The number of carbonyl (C=O) groups excluding carboxylic acids is 1. The van der Waals surface area contributed by atoms with Gasteiger partial charge in [-0.2, -0.15) is 0 Å². The van der Waals surface area contributed by atoms with Crippen LogP contribution in [0.4, 0.5) is 5.69 Å². The molecule has 5 nitrogen and oxygen atoms in total. The van der Waals surface area contributed by atoms with Gasteiger partial charge >= 0.3 is 0 Å². The highest BCUT2D eigenvalue weighted by atomic mass is 16.5. The Balaban J connectivity index is 2.73. The van der Waals surface area contributed by atoms with Crippen LogP contribution in [0, 0.1) is 0 Å².